The molecular weight excluding hydrogens is 292 g/mol. The molecule has 0 saturated heterocycles. The number of carboxylic acids is 1. The Morgan fingerprint density at radius 3 is 2.81 bits per heavy atom. The molecule has 0 atom stereocenters. The van der Waals surface area contributed by atoms with Gasteiger partial charge < -0.3 is 5.11 Å². The van der Waals surface area contributed by atoms with E-state index in [4.69, 9.17) is 5.11 Å². The lowest BCUT2D eigenvalue weighted by Gasteiger charge is -2.11. The van der Waals surface area contributed by atoms with Gasteiger partial charge in [-0.3, -0.25) is 14.0 Å². The van der Waals surface area contributed by atoms with Gasteiger partial charge in [-0.2, -0.15) is 5.10 Å². The van der Waals surface area contributed by atoms with Gasteiger partial charge in [0.2, 0.25) is 0 Å². The Bertz CT molecular complexity index is 919. The summed E-state index contributed by atoms with van der Waals surface area (Å²) in [5.74, 6) is -0.428. The van der Waals surface area contributed by atoms with Gasteiger partial charge in [0.1, 0.15) is 17.9 Å². The van der Waals surface area contributed by atoms with Crippen molar-refractivity contribution in [1.29, 1.82) is 0 Å². The molecule has 1 N–H and O–H groups in total. The van der Waals surface area contributed by atoms with E-state index in [1.807, 2.05) is 20.8 Å². The summed E-state index contributed by atoms with van der Waals surface area (Å²) in [6.45, 7) is 5.36. The zero-order valence-corrected chi connectivity index (χ0v) is 12.6. The first-order valence-corrected chi connectivity index (χ1v) is 7.31. The van der Waals surface area contributed by atoms with Crippen LogP contribution in [0.1, 0.15) is 30.6 Å². The van der Waals surface area contributed by atoms with Crippen LogP contribution < -0.4 is 5.56 Å². The normalized spacial score (nSPS) is 11.8. The lowest BCUT2D eigenvalue weighted by atomic mass is 10.2. The number of hydrogen-bond donors (Lipinski definition) is 1. The molecule has 0 radical (unpaired) electrons. The minimum atomic E-state index is -1.09. The molecule has 0 aliphatic carbocycles. The minimum absolute atomic E-state index is 0.0331. The monoisotopic (exact) mass is 306 g/mol. The van der Waals surface area contributed by atoms with Crippen LogP contribution in [0.2, 0.25) is 0 Å². The molecule has 3 aromatic rings. The van der Waals surface area contributed by atoms with Crippen molar-refractivity contribution in [3.8, 4) is 0 Å². The summed E-state index contributed by atoms with van der Waals surface area (Å²) >= 11 is 1.50. The fourth-order valence-electron chi connectivity index (χ4n) is 2.33. The molecule has 8 heteroatoms. The van der Waals surface area contributed by atoms with Crippen molar-refractivity contribution in [2.24, 2.45) is 0 Å². The summed E-state index contributed by atoms with van der Waals surface area (Å²) in [5.41, 5.74) is 0.719. The molecule has 7 nitrogen and oxygen atoms in total. The molecule has 21 heavy (non-hydrogen) atoms. The highest BCUT2D eigenvalue weighted by atomic mass is 32.1. The van der Waals surface area contributed by atoms with Crippen LogP contribution in [-0.4, -0.2) is 30.2 Å². The van der Waals surface area contributed by atoms with E-state index in [1.165, 1.54) is 11.3 Å². The summed E-state index contributed by atoms with van der Waals surface area (Å²) in [4.78, 5) is 27.7. The number of carboxylic acid groups (broad SMARTS) is 1. The minimum Gasteiger partial charge on any atom is -0.480 e. The largest absolute Gasteiger partial charge is 0.480 e. The van der Waals surface area contributed by atoms with Crippen molar-refractivity contribution in [1.82, 2.24) is 19.2 Å². The third kappa shape index (κ3) is 2.11. The van der Waals surface area contributed by atoms with Gasteiger partial charge in [-0.15, -0.1) is 11.3 Å². The Labute approximate surface area is 123 Å². The highest BCUT2D eigenvalue weighted by molar-refractivity contribution is 7.18. The van der Waals surface area contributed by atoms with Crippen LogP contribution >= 0.6 is 11.3 Å². The van der Waals surface area contributed by atoms with Gasteiger partial charge in [0.15, 0.2) is 5.65 Å². The number of nitrogens with zero attached hydrogens (tertiary/aromatic N) is 4. The first kappa shape index (κ1) is 13.7. The number of rotatable bonds is 3. The lowest BCUT2D eigenvalue weighted by Crippen LogP contribution is -2.30. The highest BCUT2D eigenvalue weighted by Gasteiger charge is 2.19. The summed E-state index contributed by atoms with van der Waals surface area (Å²) in [6, 6.07) is 1.76. The molecule has 0 spiro atoms. The van der Waals surface area contributed by atoms with E-state index >= 15 is 0 Å². The number of aryl methyl sites for hydroxylation is 1. The number of carbonyl (C=O) groups is 1. The van der Waals surface area contributed by atoms with Crippen molar-refractivity contribution in [3.63, 3.8) is 0 Å². The molecule has 0 aromatic carbocycles. The Hall–Kier alpha value is -2.22. The predicted molar refractivity (Wildman–Crippen MR) is 79.1 cm³/mol. The van der Waals surface area contributed by atoms with Crippen LogP contribution in [-0.2, 0) is 11.3 Å². The Kier molecular flexibility index (Phi) is 3.05. The second-order valence-corrected chi connectivity index (χ2v) is 6.39. The van der Waals surface area contributed by atoms with E-state index in [2.05, 4.69) is 10.1 Å². The number of aromatic nitrogens is 4. The van der Waals surface area contributed by atoms with Crippen molar-refractivity contribution in [2.45, 2.75) is 33.2 Å². The third-order valence-corrected chi connectivity index (χ3v) is 4.08. The summed E-state index contributed by atoms with van der Waals surface area (Å²) in [6.07, 6.45) is 0. The smallest absolute Gasteiger partial charge is 0.325 e. The van der Waals surface area contributed by atoms with Gasteiger partial charge in [-0.1, -0.05) is 13.8 Å². The number of fused-ring (bicyclic) bond motifs is 3. The number of aliphatic carboxylic acids is 1. The van der Waals surface area contributed by atoms with Crippen molar-refractivity contribution < 1.29 is 9.90 Å². The molecule has 3 heterocycles. The fourth-order valence-corrected chi connectivity index (χ4v) is 3.18. The van der Waals surface area contributed by atoms with E-state index in [-0.39, 0.29) is 5.92 Å². The van der Waals surface area contributed by atoms with E-state index in [0.717, 1.165) is 14.4 Å². The van der Waals surface area contributed by atoms with Crippen LogP contribution in [0.3, 0.4) is 0 Å². The average Bonchev–Trinajstić information content (AvgIpc) is 2.88. The molecule has 0 aliphatic heterocycles. The molecule has 0 unspecified atom stereocenters. The second-order valence-electron chi connectivity index (χ2n) is 5.16. The maximum atomic E-state index is 12.4. The van der Waals surface area contributed by atoms with Gasteiger partial charge in [-0.05, 0) is 13.0 Å². The van der Waals surface area contributed by atoms with Crippen molar-refractivity contribution >= 4 is 33.2 Å². The van der Waals surface area contributed by atoms with E-state index in [1.54, 1.807) is 10.5 Å². The van der Waals surface area contributed by atoms with Gasteiger partial charge in [0.05, 0.1) is 9.71 Å². The zero-order valence-electron chi connectivity index (χ0n) is 11.8. The maximum absolute atomic E-state index is 12.4. The van der Waals surface area contributed by atoms with Crippen LogP contribution in [0.5, 0.6) is 0 Å². The SMILES string of the molecule is Cc1nc2c(cc3c(=O)n(CC(=O)O)nc(C(C)C)n32)s1. The molecule has 110 valence electrons. The van der Waals surface area contributed by atoms with E-state index in [9.17, 15) is 9.59 Å². The van der Waals surface area contributed by atoms with Crippen LogP contribution in [0.25, 0.3) is 15.9 Å². The predicted octanol–water partition coefficient (Wildman–Crippen LogP) is 1.62. The molecule has 0 fully saturated rings. The first-order valence-electron chi connectivity index (χ1n) is 6.50. The highest BCUT2D eigenvalue weighted by Crippen LogP contribution is 2.26. The number of thiazole rings is 1. The average molecular weight is 306 g/mol. The molecule has 0 saturated carbocycles. The van der Waals surface area contributed by atoms with Crippen molar-refractivity contribution in [2.75, 3.05) is 0 Å². The Morgan fingerprint density at radius 2 is 2.19 bits per heavy atom. The lowest BCUT2D eigenvalue weighted by molar-refractivity contribution is -0.138. The number of hydrogen-bond acceptors (Lipinski definition) is 5. The van der Waals surface area contributed by atoms with Crippen LogP contribution in [0.15, 0.2) is 10.9 Å². The van der Waals surface area contributed by atoms with Crippen molar-refractivity contribution in [3.05, 3.63) is 27.3 Å². The summed E-state index contributed by atoms with van der Waals surface area (Å²) < 4.78 is 3.65. The Morgan fingerprint density at radius 1 is 1.48 bits per heavy atom. The van der Waals surface area contributed by atoms with Gasteiger partial charge in [0, 0.05) is 5.92 Å². The maximum Gasteiger partial charge on any atom is 0.325 e. The van der Waals surface area contributed by atoms with E-state index in [0.29, 0.717) is 17.0 Å². The van der Waals surface area contributed by atoms with Gasteiger partial charge >= 0.3 is 5.97 Å². The van der Waals surface area contributed by atoms with Gasteiger partial charge in [-0.25, -0.2) is 9.67 Å². The fraction of sp³-hybridized carbons (Fsp3) is 0.385. The van der Waals surface area contributed by atoms with Crippen LogP contribution in [0.4, 0.5) is 0 Å². The zero-order chi connectivity index (χ0) is 15.3. The molecule has 3 aromatic heterocycles. The molecule has 0 amide bonds. The Balaban J connectivity index is 2.44. The quantitative estimate of drug-likeness (QED) is 0.794. The van der Waals surface area contributed by atoms with Gasteiger partial charge in [0.25, 0.3) is 5.56 Å². The topological polar surface area (TPSA) is 89.5 Å². The summed E-state index contributed by atoms with van der Waals surface area (Å²) in [5, 5.41) is 14.1. The molecule has 3 rings (SSSR count). The van der Waals surface area contributed by atoms with Crippen LogP contribution in [0, 0.1) is 6.92 Å². The van der Waals surface area contributed by atoms with E-state index < -0.39 is 18.1 Å². The molecular formula is C13H14N4O3S. The molecule has 0 aliphatic rings. The third-order valence-electron chi connectivity index (χ3n) is 3.17. The first-order chi connectivity index (χ1) is 9.88. The second kappa shape index (κ2) is 4.66. The standard InChI is InChI=1S/C13H14N4O3S/c1-6(2)11-15-16(5-10(18)19)13(20)8-4-9-12(17(8)11)14-7(3)21-9/h4,6H,5H2,1-3H3,(H,18,19). The molecule has 0 bridgehead atoms. The summed E-state index contributed by atoms with van der Waals surface area (Å²) in [7, 11) is 0.